The molecule has 1 aliphatic carbocycles. The maximum absolute atomic E-state index is 11.9. The van der Waals surface area contributed by atoms with Crippen molar-refractivity contribution in [1.82, 2.24) is 5.32 Å². The van der Waals surface area contributed by atoms with Crippen LogP contribution < -0.4 is 5.32 Å². The van der Waals surface area contributed by atoms with E-state index >= 15 is 0 Å². The van der Waals surface area contributed by atoms with Crippen LogP contribution in [-0.4, -0.2) is 29.7 Å². The number of halogens is 3. The molecule has 0 heterocycles. The fraction of sp³-hybridized carbons (Fsp3) is 0.833. The van der Waals surface area contributed by atoms with Gasteiger partial charge in [0, 0.05) is 13.0 Å². The number of hydrogen-bond donors (Lipinski definition) is 2. The molecule has 1 rings (SSSR count). The summed E-state index contributed by atoms with van der Waals surface area (Å²) in [6, 6.07) is 0. The molecule has 0 aromatic rings. The van der Waals surface area contributed by atoms with E-state index in [1.165, 1.54) is 0 Å². The van der Waals surface area contributed by atoms with Gasteiger partial charge in [0.25, 0.3) is 0 Å². The Bertz CT molecular complexity index is 366. The highest BCUT2D eigenvalue weighted by Crippen LogP contribution is 2.58. The Morgan fingerprint density at radius 2 is 1.79 bits per heavy atom. The molecule has 0 bridgehead atoms. The summed E-state index contributed by atoms with van der Waals surface area (Å²) < 4.78 is 35.6. The maximum atomic E-state index is 11.9. The van der Waals surface area contributed by atoms with Gasteiger partial charge in [0.1, 0.15) is 0 Å². The number of rotatable bonds is 6. The third-order valence-corrected chi connectivity index (χ3v) is 3.56. The first-order valence-corrected chi connectivity index (χ1v) is 6.14. The molecule has 2 atom stereocenters. The molecule has 1 fully saturated rings. The normalized spacial score (nSPS) is 24.9. The molecule has 7 heteroatoms. The lowest BCUT2D eigenvalue weighted by atomic mass is 10.1. The zero-order chi connectivity index (χ0) is 14.8. The summed E-state index contributed by atoms with van der Waals surface area (Å²) in [4.78, 5) is 22.6. The van der Waals surface area contributed by atoms with Crippen LogP contribution in [0.25, 0.3) is 0 Å². The highest BCUT2D eigenvalue weighted by molar-refractivity contribution is 5.91. The Balaban J connectivity index is 2.25. The SMILES string of the molecule is CC1(C)C(C(=O)O)C1C(=O)NCCCCC(F)(F)F. The molecule has 0 aromatic carbocycles. The van der Waals surface area contributed by atoms with E-state index in [1.54, 1.807) is 13.8 Å². The van der Waals surface area contributed by atoms with Gasteiger partial charge in [-0.3, -0.25) is 9.59 Å². The molecule has 1 amide bonds. The number of carboxylic acid groups (broad SMARTS) is 1. The van der Waals surface area contributed by atoms with Gasteiger partial charge in [-0.2, -0.15) is 13.2 Å². The van der Waals surface area contributed by atoms with Crippen LogP contribution in [-0.2, 0) is 9.59 Å². The van der Waals surface area contributed by atoms with Crippen LogP contribution in [0.5, 0.6) is 0 Å². The van der Waals surface area contributed by atoms with Crippen molar-refractivity contribution in [3.05, 3.63) is 0 Å². The van der Waals surface area contributed by atoms with E-state index in [4.69, 9.17) is 5.11 Å². The molecule has 2 unspecified atom stereocenters. The average molecular weight is 281 g/mol. The van der Waals surface area contributed by atoms with Crippen molar-refractivity contribution < 1.29 is 27.9 Å². The Morgan fingerprint density at radius 3 is 2.21 bits per heavy atom. The smallest absolute Gasteiger partial charge is 0.389 e. The Morgan fingerprint density at radius 1 is 1.21 bits per heavy atom. The number of unbranched alkanes of at least 4 members (excludes halogenated alkanes) is 1. The fourth-order valence-corrected chi connectivity index (χ4v) is 2.36. The Labute approximate surface area is 109 Å². The number of nitrogens with one attached hydrogen (secondary N) is 1. The van der Waals surface area contributed by atoms with E-state index in [-0.39, 0.29) is 25.3 Å². The first-order valence-electron chi connectivity index (χ1n) is 6.14. The van der Waals surface area contributed by atoms with Crippen LogP contribution >= 0.6 is 0 Å². The number of carbonyl (C=O) groups excluding carboxylic acids is 1. The molecule has 0 radical (unpaired) electrons. The van der Waals surface area contributed by atoms with Gasteiger partial charge in [-0.1, -0.05) is 13.8 Å². The van der Waals surface area contributed by atoms with Crippen molar-refractivity contribution in [3.8, 4) is 0 Å². The quantitative estimate of drug-likeness (QED) is 0.733. The molecule has 1 aliphatic rings. The zero-order valence-corrected chi connectivity index (χ0v) is 10.9. The molecule has 19 heavy (non-hydrogen) atoms. The standard InChI is InChI=1S/C12H18F3NO3/c1-11(2)7(8(11)10(18)19)9(17)16-6-4-3-5-12(13,14)15/h7-8H,3-6H2,1-2H3,(H,16,17)(H,18,19). The number of carbonyl (C=O) groups is 2. The van der Waals surface area contributed by atoms with Crippen LogP contribution in [0, 0.1) is 17.3 Å². The summed E-state index contributed by atoms with van der Waals surface area (Å²) in [6.07, 6.45) is -4.84. The zero-order valence-electron chi connectivity index (χ0n) is 10.9. The number of hydrogen-bond acceptors (Lipinski definition) is 2. The monoisotopic (exact) mass is 281 g/mol. The van der Waals surface area contributed by atoms with Gasteiger partial charge in [-0.15, -0.1) is 0 Å². The molecular weight excluding hydrogens is 263 g/mol. The van der Waals surface area contributed by atoms with Gasteiger partial charge in [-0.25, -0.2) is 0 Å². The molecule has 0 saturated heterocycles. The van der Waals surface area contributed by atoms with Crippen LogP contribution in [0.1, 0.15) is 33.1 Å². The molecule has 1 saturated carbocycles. The second kappa shape index (κ2) is 5.38. The minimum Gasteiger partial charge on any atom is -0.481 e. The third-order valence-electron chi connectivity index (χ3n) is 3.56. The van der Waals surface area contributed by atoms with Crippen LogP contribution in [0.15, 0.2) is 0 Å². The van der Waals surface area contributed by atoms with Gasteiger partial charge >= 0.3 is 12.1 Å². The summed E-state index contributed by atoms with van der Waals surface area (Å²) in [5.41, 5.74) is -0.581. The molecular formula is C12H18F3NO3. The van der Waals surface area contributed by atoms with Gasteiger partial charge in [-0.05, 0) is 18.3 Å². The van der Waals surface area contributed by atoms with Gasteiger partial charge in [0.2, 0.25) is 5.91 Å². The van der Waals surface area contributed by atoms with Crippen molar-refractivity contribution in [2.75, 3.05) is 6.54 Å². The maximum Gasteiger partial charge on any atom is 0.389 e. The largest absolute Gasteiger partial charge is 0.481 e. The lowest BCUT2D eigenvalue weighted by Crippen LogP contribution is -2.28. The van der Waals surface area contributed by atoms with Crippen molar-refractivity contribution >= 4 is 11.9 Å². The lowest BCUT2D eigenvalue weighted by Gasteiger charge is -2.07. The number of amides is 1. The van der Waals surface area contributed by atoms with Crippen molar-refractivity contribution in [2.24, 2.45) is 17.3 Å². The molecule has 0 spiro atoms. The highest BCUT2D eigenvalue weighted by Gasteiger charge is 2.65. The minimum absolute atomic E-state index is 0.0415. The van der Waals surface area contributed by atoms with Crippen molar-refractivity contribution in [1.29, 1.82) is 0 Å². The molecule has 0 aliphatic heterocycles. The van der Waals surface area contributed by atoms with E-state index in [0.717, 1.165) is 0 Å². The highest BCUT2D eigenvalue weighted by atomic mass is 19.4. The van der Waals surface area contributed by atoms with Crippen molar-refractivity contribution in [3.63, 3.8) is 0 Å². The first-order chi connectivity index (χ1) is 8.57. The van der Waals surface area contributed by atoms with Crippen LogP contribution in [0.3, 0.4) is 0 Å². The summed E-state index contributed by atoms with van der Waals surface area (Å²) in [7, 11) is 0. The minimum atomic E-state index is -4.17. The average Bonchev–Trinajstić information content (AvgIpc) is 2.79. The fourth-order valence-electron chi connectivity index (χ4n) is 2.36. The Hall–Kier alpha value is -1.27. The molecule has 4 nitrogen and oxygen atoms in total. The summed E-state index contributed by atoms with van der Waals surface area (Å²) in [5.74, 6) is -2.69. The molecule has 0 aromatic heterocycles. The van der Waals surface area contributed by atoms with E-state index in [1.807, 2.05) is 0 Å². The molecule has 2 N–H and O–H groups in total. The predicted molar refractivity (Wildman–Crippen MR) is 61.3 cm³/mol. The lowest BCUT2D eigenvalue weighted by molar-refractivity contribution is -0.140. The second-order valence-electron chi connectivity index (χ2n) is 5.48. The van der Waals surface area contributed by atoms with Crippen molar-refractivity contribution in [2.45, 2.75) is 39.3 Å². The van der Waals surface area contributed by atoms with Gasteiger partial charge < -0.3 is 10.4 Å². The number of alkyl halides is 3. The van der Waals surface area contributed by atoms with E-state index in [0.29, 0.717) is 0 Å². The van der Waals surface area contributed by atoms with Crippen LogP contribution in [0.2, 0.25) is 0 Å². The molecule has 110 valence electrons. The predicted octanol–water partition coefficient (Wildman–Crippen LogP) is 2.19. The number of aliphatic carboxylic acids is 1. The van der Waals surface area contributed by atoms with Gasteiger partial charge in [0.15, 0.2) is 0 Å². The van der Waals surface area contributed by atoms with Crippen LogP contribution in [0.4, 0.5) is 13.2 Å². The van der Waals surface area contributed by atoms with E-state index in [9.17, 15) is 22.8 Å². The van der Waals surface area contributed by atoms with E-state index in [2.05, 4.69) is 5.32 Å². The summed E-state index contributed by atoms with van der Waals surface area (Å²) >= 11 is 0. The topological polar surface area (TPSA) is 66.4 Å². The second-order valence-corrected chi connectivity index (χ2v) is 5.48. The Kier molecular flexibility index (Phi) is 4.47. The summed E-state index contributed by atoms with van der Waals surface area (Å²) in [5, 5.41) is 11.4. The number of carboxylic acids is 1. The van der Waals surface area contributed by atoms with E-state index < -0.39 is 35.8 Å². The summed E-state index contributed by atoms with van der Waals surface area (Å²) in [6.45, 7) is 3.53. The first kappa shape index (κ1) is 15.8. The third kappa shape index (κ3) is 4.11. The van der Waals surface area contributed by atoms with Gasteiger partial charge in [0.05, 0.1) is 11.8 Å².